The standard InChI is InChI=1S/C18H19BrO2/c1-13-10-15(12-16(19)11-13)14-5-7-17(8-6-14)21-18-4-2-3-9-20-18/h5-8,10-12,18H,2-4,9H2,1H3. The summed E-state index contributed by atoms with van der Waals surface area (Å²) in [4.78, 5) is 0. The summed E-state index contributed by atoms with van der Waals surface area (Å²) in [6.07, 6.45) is 3.21. The molecule has 0 aromatic heterocycles. The van der Waals surface area contributed by atoms with Crippen molar-refractivity contribution in [2.24, 2.45) is 0 Å². The highest BCUT2D eigenvalue weighted by atomic mass is 79.9. The molecule has 1 fully saturated rings. The molecule has 1 unspecified atom stereocenters. The van der Waals surface area contributed by atoms with Gasteiger partial charge in [-0.25, -0.2) is 0 Å². The van der Waals surface area contributed by atoms with E-state index in [9.17, 15) is 0 Å². The third-order valence-corrected chi connectivity index (χ3v) is 4.09. The zero-order chi connectivity index (χ0) is 14.7. The molecular weight excluding hydrogens is 328 g/mol. The zero-order valence-corrected chi connectivity index (χ0v) is 13.7. The van der Waals surface area contributed by atoms with Gasteiger partial charge in [-0.15, -0.1) is 0 Å². The molecule has 0 amide bonds. The SMILES string of the molecule is Cc1cc(Br)cc(-c2ccc(OC3CCCCO3)cc2)c1. The van der Waals surface area contributed by atoms with Gasteiger partial charge in [-0.1, -0.05) is 34.1 Å². The molecule has 0 radical (unpaired) electrons. The number of ether oxygens (including phenoxy) is 2. The van der Waals surface area contributed by atoms with Crippen molar-refractivity contribution in [3.8, 4) is 16.9 Å². The van der Waals surface area contributed by atoms with Gasteiger partial charge in [0.15, 0.2) is 6.29 Å². The van der Waals surface area contributed by atoms with Crippen LogP contribution < -0.4 is 4.74 Å². The molecule has 21 heavy (non-hydrogen) atoms. The number of halogens is 1. The topological polar surface area (TPSA) is 18.5 Å². The van der Waals surface area contributed by atoms with Crippen molar-refractivity contribution in [1.29, 1.82) is 0 Å². The Morgan fingerprint density at radius 1 is 1.05 bits per heavy atom. The van der Waals surface area contributed by atoms with Crippen LogP contribution in [0.25, 0.3) is 11.1 Å². The van der Waals surface area contributed by atoms with Crippen molar-refractivity contribution in [3.05, 3.63) is 52.5 Å². The average Bonchev–Trinajstić information content (AvgIpc) is 2.48. The van der Waals surface area contributed by atoms with Crippen LogP contribution in [-0.2, 0) is 4.74 Å². The van der Waals surface area contributed by atoms with Crippen LogP contribution >= 0.6 is 15.9 Å². The Balaban J connectivity index is 1.74. The van der Waals surface area contributed by atoms with E-state index in [1.54, 1.807) is 0 Å². The number of rotatable bonds is 3. The Bertz CT molecular complexity index is 581. The molecule has 2 nitrogen and oxygen atoms in total. The van der Waals surface area contributed by atoms with Crippen molar-refractivity contribution in [3.63, 3.8) is 0 Å². The summed E-state index contributed by atoms with van der Waals surface area (Å²) >= 11 is 3.55. The second-order valence-corrected chi connectivity index (χ2v) is 6.37. The van der Waals surface area contributed by atoms with E-state index in [2.05, 4.69) is 53.2 Å². The lowest BCUT2D eigenvalue weighted by molar-refractivity contribution is -0.105. The Kier molecular flexibility index (Phi) is 4.61. The quantitative estimate of drug-likeness (QED) is 0.747. The van der Waals surface area contributed by atoms with Crippen LogP contribution in [0.2, 0.25) is 0 Å². The van der Waals surface area contributed by atoms with Gasteiger partial charge in [-0.05, 0) is 60.7 Å². The molecule has 110 valence electrons. The average molecular weight is 347 g/mol. The van der Waals surface area contributed by atoms with Crippen molar-refractivity contribution in [2.45, 2.75) is 32.5 Å². The Hall–Kier alpha value is -1.32. The second-order valence-electron chi connectivity index (χ2n) is 5.46. The molecule has 0 N–H and O–H groups in total. The van der Waals surface area contributed by atoms with Gasteiger partial charge in [0, 0.05) is 10.9 Å². The predicted molar refractivity (Wildman–Crippen MR) is 88.5 cm³/mol. The molecule has 2 aromatic rings. The van der Waals surface area contributed by atoms with E-state index in [-0.39, 0.29) is 6.29 Å². The minimum Gasteiger partial charge on any atom is -0.465 e. The maximum absolute atomic E-state index is 5.86. The van der Waals surface area contributed by atoms with Crippen LogP contribution in [0.4, 0.5) is 0 Å². The molecule has 0 saturated carbocycles. The van der Waals surface area contributed by atoms with Crippen LogP contribution in [0.5, 0.6) is 5.75 Å². The maximum Gasteiger partial charge on any atom is 0.199 e. The smallest absolute Gasteiger partial charge is 0.199 e. The molecule has 1 saturated heterocycles. The molecular formula is C18H19BrO2. The molecule has 1 aliphatic rings. The molecule has 1 heterocycles. The van der Waals surface area contributed by atoms with Crippen LogP contribution in [0.15, 0.2) is 46.9 Å². The highest BCUT2D eigenvalue weighted by Gasteiger charge is 2.15. The summed E-state index contributed by atoms with van der Waals surface area (Å²) in [5.74, 6) is 0.873. The highest BCUT2D eigenvalue weighted by Crippen LogP contribution is 2.27. The van der Waals surface area contributed by atoms with Crippen LogP contribution in [0.3, 0.4) is 0 Å². The number of hydrogen-bond acceptors (Lipinski definition) is 2. The Labute approximate surface area is 134 Å². The van der Waals surface area contributed by atoms with E-state index < -0.39 is 0 Å². The van der Waals surface area contributed by atoms with Gasteiger partial charge in [0.25, 0.3) is 0 Å². The molecule has 0 bridgehead atoms. The van der Waals surface area contributed by atoms with Gasteiger partial charge >= 0.3 is 0 Å². The first-order valence-corrected chi connectivity index (χ1v) is 8.16. The van der Waals surface area contributed by atoms with E-state index in [1.807, 2.05) is 12.1 Å². The molecule has 1 aliphatic heterocycles. The van der Waals surface area contributed by atoms with Gasteiger partial charge in [-0.2, -0.15) is 0 Å². The van der Waals surface area contributed by atoms with Crippen LogP contribution in [-0.4, -0.2) is 12.9 Å². The summed E-state index contributed by atoms with van der Waals surface area (Å²) in [7, 11) is 0. The molecule has 0 aliphatic carbocycles. The second kappa shape index (κ2) is 6.63. The van der Waals surface area contributed by atoms with Gasteiger partial charge in [-0.3, -0.25) is 0 Å². The number of aryl methyl sites for hydroxylation is 1. The largest absolute Gasteiger partial charge is 0.465 e. The third kappa shape index (κ3) is 3.86. The fourth-order valence-electron chi connectivity index (χ4n) is 2.58. The van der Waals surface area contributed by atoms with Crippen molar-refractivity contribution in [2.75, 3.05) is 6.61 Å². The molecule has 3 rings (SSSR count). The van der Waals surface area contributed by atoms with Crippen LogP contribution in [0.1, 0.15) is 24.8 Å². The lowest BCUT2D eigenvalue weighted by Crippen LogP contribution is -2.24. The first kappa shape index (κ1) is 14.6. The first-order valence-electron chi connectivity index (χ1n) is 7.36. The lowest BCUT2D eigenvalue weighted by atomic mass is 10.0. The normalized spacial score (nSPS) is 18.5. The van der Waals surface area contributed by atoms with Crippen molar-refractivity contribution in [1.82, 2.24) is 0 Å². The minimum absolute atomic E-state index is 0.0854. The van der Waals surface area contributed by atoms with E-state index in [0.717, 1.165) is 29.7 Å². The van der Waals surface area contributed by atoms with E-state index in [1.165, 1.54) is 23.1 Å². The zero-order valence-electron chi connectivity index (χ0n) is 12.1. The van der Waals surface area contributed by atoms with Gasteiger partial charge in [0.1, 0.15) is 5.75 Å². The van der Waals surface area contributed by atoms with Gasteiger partial charge in [0.2, 0.25) is 0 Å². The summed E-state index contributed by atoms with van der Waals surface area (Å²) in [6, 6.07) is 14.7. The van der Waals surface area contributed by atoms with E-state index in [0.29, 0.717) is 0 Å². The molecule has 1 atom stereocenters. The molecule has 3 heteroatoms. The summed E-state index contributed by atoms with van der Waals surface area (Å²) in [6.45, 7) is 2.91. The highest BCUT2D eigenvalue weighted by molar-refractivity contribution is 9.10. The molecule has 2 aromatic carbocycles. The van der Waals surface area contributed by atoms with Crippen molar-refractivity contribution < 1.29 is 9.47 Å². The Morgan fingerprint density at radius 2 is 1.86 bits per heavy atom. The fraction of sp³-hybridized carbons (Fsp3) is 0.333. The molecule has 0 spiro atoms. The van der Waals surface area contributed by atoms with Gasteiger partial charge in [0.05, 0.1) is 6.61 Å². The van der Waals surface area contributed by atoms with E-state index in [4.69, 9.17) is 9.47 Å². The first-order chi connectivity index (χ1) is 10.2. The lowest BCUT2D eigenvalue weighted by Gasteiger charge is -2.23. The van der Waals surface area contributed by atoms with Gasteiger partial charge < -0.3 is 9.47 Å². The Morgan fingerprint density at radius 3 is 2.52 bits per heavy atom. The monoisotopic (exact) mass is 346 g/mol. The summed E-state index contributed by atoms with van der Waals surface area (Å²) in [5.41, 5.74) is 3.65. The minimum atomic E-state index is -0.0854. The van der Waals surface area contributed by atoms with Crippen LogP contribution in [0, 0.1) is 6.92 Å². The summed E-state index contributed by atoms with van der Waals surface area (Å²) < 4.78 is 12.6. The number of hydrogen-bond donors (Lipinski definition) is 0. The summed E-state index contributed by atoms with van der Waals surface area (Å²) in [5, 5.41) is 0. The third-order valence-electron chi connectivity index (χ3n) is 3.64. The van der Waals surface area contributed by atoms with Crippen molar-refractivity contribution >= 4 is 15.9 Å². The predicted octanol–water partition coefficient (Wildman–Crippen LogP) is 5.33. The van der Waals surface area contributed by atoms with E-state index >= 15 is 0 Å². The maximum atomic E-state index is 5.86. The fourth-order valence-corrected chi connectivity index (χ4v) is 3.19. The number of benzene rings is 2.